The van der Waals surface area contributed by atoms with Crippen molar-refractivity contribution in [3.8, 4) is 22.9 Å². The molecular formula is C38H43N3O4S. The average Bonchev–Trinajstić information content (AvgIpc) is 3.26. The zero-order valence-corrected chi connectivity index (χ0v) is 28.6. The average molecular weight is 638 g/mol. The SMILES string of the molecule is CCOc1cccc(-c2ccc(Cn3c(CC(C)(C)C(=O)O)c(SC(C)(C)C)c4cc(OCc5ccc(C)cn5)ccc43)cc2)n1. The number of rotatable bonds is 12. The number of hydrogen-bond donors (Lipinski definition) is 1. The zero-order chi connectivity index (χ0) is 33.1. The van der Waals surface area contributed by atoms with Gasteiger partial charge in [-0.05, 0) is 69.2 Å². The first-order valence-corrected chi connectivity index (χ1v) is 16.5. The summed E-state index contributed by atoms with van der Waals surface area (Å²) < 4.78 is 14.0. The summed E-state index contributed by atoms with van der Waals surface area (Å²) in [4.78, 5) is 22.6. The smallest absolute Gasteiger partial charge is 0.309 e. The highest BCUT2D eigenvalue weighted by molar-refractivity contribution is 8.00. The Morgan fingerprint density at radius 3 is 2.37 bits per heavy atom. The van der Waals surface area contributed by atoms with Gasteiger partial charge in [0.1, 0.15) is 12.4 Å². The van der Waals surface area contributed by atoms with Crippen molar-refractivity contribution in [3.05, 3.63) is 102 Å². The van der Waals surface area contributed by atoms with E-state index in [-0.39, 0.29) is 4.75 Å². The third kappa shape index (κ3) is 7.91. The van der Waals surface area contributed by atoms with Gasteiger partial charge in [-0.1, -0.05) is 57.2 Å². The lowest BCUT2D eigenvalue weighted by molar-refractivity contribution is -0.146. The first kappa shape index (κ1) is 33.1. The van der Waals surface area contributed by atoms with Crippen LogP contribution in [0.25, 0.3) is 22.2 Å². The highest BCUT2D eigenvalue weighted by Gasteiger charge is 2.33. The topological polar surface area (TPSA) is 86.5 Å². The summed E-state index contributed by atoms with van der Waals surface area (Å²) in [5, 5.41) is 11.2. The summed E-state index contributed by atoms with van der Waals surface area (Å²) in [5.74, 6) is 0.533. The number of carboxylic acid groups (broad SMARTS) is 1. The minimum Gasteiger partial charge on any atom is -0.487 e. The van der Waals surface area contributed by atoms with E-state index >= 15 is 0 Å². The molecular weight excluding hydrogens is 595 g/mol. The molecule has 0 aliphatic carbocycles. The van der Waals surface area contributed by atoms with E-state index in [9.17, 15) is 9.90 Å². The Hall–Kier alpha value is -4.30. The minimum absolute atomic E-state index is 0.103. The number of carbonyl (C=O) groups is 1. The molecule has 5 rings (SSSR count). The molecule has 0 saturated carbocycles. The lowest BCUT2D eigenvalue weighted by Crippen LogP contribution is -2.28. The fourth-order valence-corrected chi connectivity index (χ4v) is 6.41. The van der Waals surface area contributed by atoms with Crippen LogP contribution < -0.4 is 9.47 Å². The van der Waals surface area contributed by atoms with E-state index < -0.39 is 11.4 Å². The molecule has 0 amide bonds. The highest BCUT2D eigenvalue weighted by Crippen LogP contribution is 2.44. The maximum absolute atomic E-state index is 12.4. The summed E-state index contributed by atoms with van der Waals surface area (Å²) >= 11 is 1.77. The summed E-state index contributed by atoms with van der Waals surface area (Å²) in [5.41, 5.74) is 6.02. The van der Waals surface area contributed by atoms with Gasteiger partial charge in [-0.15, -0.1) is 11.8 Å². The van der Waals surface area contributed by atoms with Gasteiger partial charge in [-0.3, -0.25) is 9.78 Å². The van der Waals surface area contributed by atoms with Gasteiger partial charge >= 0.3 is 5.97 Å². The number of nitrogens with zero attached hydrogens (tertiary/aromatic N) is 3. The molecule has 2 aromatic carbocycles. The van der Waals surface area contributed by atoms with Gasteiger partial charge in [0.05, 0.1) is 23.4 Å². The van der Waals surface area contributed by atoms with Crippen molar-refractivity contribution in [1.82, 2.24) is 14.5 Å². The number of aromatic nitrogens is 3. The van der Waals surface area contributed by atoms with Crippen LogP contribution in [0.15, 0.2) is 83.9 Å². The number of fused-ring (bicyclic) bond motifs is 1. The Morgan fingerprint density at radius 2 is 1.72 bits per heavy atom. The van der Waals surface area contributed by atoms with Crippen molar-refractivity contribution in [1.29, 1.82) is 0 Å². The summed E-state index contributed by atoms with van der Waals surface area (Å²) in [6.07, 6.45) is 2.22. The van der Waals surface area contributed by atoms with E-state index in [4.69, 9.17) is 9.47 Å². The number of aryl methyl sites for hydroxylation is 1. The maximum atomic E-state index is 12.4. The van der Waals surface area contributed by atoms with Gasteiger partial charge in [0.2, 0.25) is 5.88 Å². The Morgan fingerprint density at radius 1 is 0.957 bits per heavy atom. The molecule has 240 valence electrons. The highest BCUT2D eigenvalue weighted by atomic mass is 32.2. The molecule has 0 aliphatic rings. The fraction of sp³-hybridized carbons (Fsp3) is 0.342. The Bertz CT molecular complexity index is 1820. The van der Waals surface area contributed by atoms with E-state index in [1.807, 2.05) is 56.4 Å². The number of hydrogen-bond acceptors (Lipinski definition) is 6. The third-order valence-corrected chi connectivity index (χ3v) is 8.93. The number of carboxylic acids is 1. The van der Waals surface area contributed by atoms with E-state index in [1.165, 1.54) is 0 Å². The van der Waals surface area contributed by atoms with E-state index in [0.717, 1.165) is 55.3 Å². The first-order chi connectivity index (χ1) is 21.8. The molecule has 0 unspecified atom stereocenters. The zero-order valence-electron chi connectivity index (χ0n) is 27.8. The van der Waals surface area contributed by atoms with Gasteiger partial charge < -0.3 is 19.1 Å². The first-order valence-electron chi connectivity index (χ1n) is 15.6. The molecule has 0 atom stereocenters. The van der Waals surface area contributed by atoms with Crippen molar-refractivity contribution in [2.24, 2.45) is 5.41 Å². The lowest BCUT2D eigenvalue weighted by Gasteiger charge is -2.24. The molecule has 8 heteroatoms. The standard InChI is InChI=1S/C38H43N3O4S/c1-8-44-34-11-9-10-31(40-34)27-15-13-26(14-16-27)23-41-32-19-18-29(45-24-28-17-12-25(2)22-39-28)20-30(32)35(46-37(3,4)5)33(41)21-38(6,7)36(42)43/h9-20,22H,8,21,23-24H2,1-7H3,(H,42,43). The van der Waals surface area contributed by atoms with Crippen LogP contribution in [0.4, 0.5) is 0 Å². The monoisotopic (exact) mass is 637 g/mol. The fourth-order valence-electron chi connectivity index (χ4n) is 5.22. The van der Waals surface area contributed by atoms with Crippen LogP contribution in [-0.2, 0) is 24.4 Å². The quantitative estimate of drug-likeness (QED) is 0.137. The molecule has 0 spiro atoms. The normalized spacial score (nSPS) is 12.0. The van der Waals surface area contributed by atoms with E-state index in [2.05, 4.69) is 71.7 Å². The molecule has 0 fully saturated rings. The van der Waals surface area contributed by atoms with Gasteiger partial charge in [0.15, 0.2) is 0 Å². The van der Waals surface area contributed by atoms with Crippen LogP contribution in [0.3, 0.4) is 0 Å². The lowest BCUT2D eigenvalue weighted by atomic mass is 9.88. The Kier molecular flexibility index (Phi) is 9.77. The second kappa shape index (κ2) is 13.6. The van der Waals surface area contributed by atoms with E-state index in [0.29, 0.717) is 32.1 Å². The van der Waals surface area contributed by atoms with Gasteiger partial charge in [-0.25, -0.2) is 4.98 Å². The number of ether oxygens (including phenoxy) is 2. The molecule has 0 saturated heterocycles. The Balaban J connectivity index is 1.56. The number of benzene rings is 2. The van der Waals surface area contributed by atoms with Crippen LogP contribution in [0, 0.1) is 12.3 Å². The largest absolute Gasteiger partial charge is 0.487 e. The van der Waals surface area contributed by atoms with Crippen LogP contribution in [0.2, 0.25) is 0 Å². The number of pyridine rings is 2. The summed E-state index contributed by atoms with van der Waals surface area (Å²) in [6, 6.07) is 24.4. The second-order valence-electron chi connectivity index (χ2n) is 13.2. The predicted octanol–water partition coefficient (Wildman–Crippen LogP) is 8.98. The third-order valence-electron chi connectivity index (χ3n) is 7.65. The minimum atomic E-state index is -0.961. The van der Waals surface area contributed by atoms with Crippen LogP contribution in [0.5, 0.6) is 11.6 Å². The van der Waals surface area contributed by atoms with Crippen molar-refractivity contribution < 1.29 is 19.4 Å². The van der Waals surface area contributed by atoms with Gasteiger partial charge in [0.25, 0.3) is 0 Å². The predicted molar refractivity (Wildman–Crippen MR) is 186 cm³/mol. The molecule has 3 heterocycles. The number of aliphatic carboxylic acids is 1. The molecule has 46 heavy (non-hydrogen) atoms. The van der Waals surface area contributed by atoms with Crippen LogP contribution in [-0.4, -0.2) is 37.0 Å². The molecule has 7 nitrogen and oxygen atoms in total. The van der Waals surface area contributed by atoms with Crippen molar-refractivity contribution in [3.63, 3.8) is 0 Å². The van der Waals surface area contributed by atoms with E-state index in [1.54, 1.807) is 25.6 Å². The van der Waals surface area contributed by atoms with Crippen molar-refractivity contribution in [2.45, 2.75) is 77.7 Å². The Labute approximate surface area is 276 Å². The van der Waals surface area contributed by atoms with Gasteiger partial charge in [0, 0.05) is 57.0 Å². The van der Waals surface area contributed by atoms with Gasteiger partial charge in [-0.2, -0.15) is 0 Å². The molecule has 0 bridgehead atoms. The van der Waals surface area contributed by atoms with Crippen molar-refractivity contribution >= 4 is 28.6 Å². The van der Waals surface area contributed by atoms with Crippen LogP contribution >= 0.6 is 11.8 Å². The molecule has 1 N–H and O–H groups in total. The summed E-state index contributed by atoms with van der Waals surface area (Å²) in [7, 11) is 0. The molecule has 0 radical (unpaired) electrons. The van der Waals surface area contributed by atoms with Crippen LogP contribution in [0.1, 0.15) is 64.1 Å². The summed E-state index contributed by atoms with van der Waals surface area (Å²) in [6.45, 7) is 15.6. The molecule has 5 aromatic rings. The second-order valence-corrected chi connectivity index (χ2v) is 15.1. The molecule has 0 aliphatic heterocycles. The molecule has 3 aromatic heterocycles. The maximum Gasteiger partial charge on any atom is 0.309 e. The van der Waals surface area contributed by atoms with Crippen molar-refractivity contribution in [2.75, 3.05) is 6.61 Å². The number of thioether (sulfide) groups is 1.